The Labute approximate surface area is 94.1 Å². The molecular weight excluding hydrogens is 204 g/mol. The van der Waals surface area contributed by atoms with Crippen molar-refractivity contribution < 1.29 is 9.15 Å². The van der Waals surface area contributed by atoms with Crippen LogP contribution in [0.25, 0.3) is 11.3 Å². The molecule has 0 aliphatic carbocycles. The fourth-order valence-corrected chi connectivity index (χ4v) is 1.57. The second kappa shape index (κ2) is 3.89. The molecule has 2 N–H and O–H groups in total. The normalized spacial score (nSPS) is 10.4. The van der Waals surface area contributed by atoms with Gasteiger partial charge in [-0.25, -0.2) is 0 Å². The maximum atomic E-state index is 5.46. The number of aromatic nitrogens is 1. The topological polar surface area (TPSA) is 61.3 Å². The standard InChI is InChI=1S/C12H14N2O2/c1-7-4-9(10-6-16-12(13)14-10)11(15-3)5-8(7)2/h4-6H,1-3H3,(H2,13,14). The molecule has 0 saturated carbocycles. The van der Waals surface area contributed by atoms with Crippen molar-refractivity contribution in [1.29, 1.82) is 0 Å². The SMILES string of the molecule is COc1cc(C)c(C)cc1-c1coc(N)n1. The minimum absolute atomic E-state index is 0.162. The van der Waals surface area contributed by atoms with Crippen molar-refractivity contribution in [1.82, 2.24) is 4.98 Å². The predicted octanol–water partition coefficient (Wildman–Crippen LogP) is 2.55. The van der Waals surface area contributed by atoms with E-state index in [4.69, 9.17) is 14.9 Å². The maximum absolute atomic E-state index is 5.46. The van der Waals surface area contributed by atoms with Crippen LogP contribution in [0.3, 0.4) is 0 Å². The Morgan fingerprint density at radius 1 is 1.25 bits per heavy atom. The van der Waals surface area contributed by atoms with Gasteiger partial charge >= 0.3 is 0 Å². The number of ether oxygens (including phenoxy) is 1. The summed E-state index contributed by atoms with van der Waals surface area (Å²) in [6, 6.07) is 4.16. The highest BCUT2D eigenvalue weighted by Crippen LogP contribution is 2.32. The molecule has 0 radical (unpaired) electrons. The number of hydrogen-bond donors (Lipinski definition) is 1. The van der Waals surface area contributed by atoms with Gasteiger partial charge in [-0.05, 0) is 37.1 Å². The lowest BCUT2D eigenvalue weighted by Crippen LogP contribution is -1.92. The Balaban J connectivity index is 2.59. The summed E-state index contributed by atoms with van der Waals surface area (Å²) in [5.41, 5.74) is 9.40. The molecule has 0 fully saturated rings. The van der Waals surface area contributed by atoms with Crippen molar-refractivity contribution in [2.45, 2.75) is 13.8 Å². The van der Waals surface area contributed by atoms with Gasteiger partial charge in [0.1, 0.15) is 17.7 Å². The zero-order valence-corrected chi connectivity index (χ0v) is 9.57. The van der Waals surface area contributed by atoms with Crippen LogP contribution in [0.5, 0.6) is 5.75 Å². The molecule has 84 valence electrons. The molecule has 2 aromatic rings. The summed E-state index contributed by atoms with van der Waals surface area (Å²) in [6.45, 7) is 4.08. The molecule has 1 aromatic carbocycles. The molecule has 4 nitrogen and oxygen atoms in total. The second-order valence-corrected chi connectivity index (χ2v) is 3.71. The Hall–Kier alpha value is -1.97. The summed E-state index contributed by atoms with van der Waals surface area (Å²) in [6.07, 6.45) is 1.53. The summed E-state index contributed by atoms with van der Waals surface area (Å²) in [4.78, 5) is 4.09. The monoisotopic (exact) mass is 218 g/mol. The first kappa shape index (κ1) is 10.5. The molecule has 0 spiro atoms. The van der Waals surface area contributed by atoms with Gasteiger partial charge in [-0.1, -0.05) is 0 Å². The Morgan fingerprint density at radius 3 is 2.50 bits per heavy atom. The summed E-state index contributed by atoms with van der Waals surface area (Å²) in [5.74, 6) is 0.774. The minimum atomic E-state index is 0.162. The number of benzene rings is 1. The van der Waals surface area contributed by atoms with Crippen LogP contribution in [-0.4, -0.2) is 12.1 Å². The third kappa shape index (κ3) is 1.74. The quantitative estimate of drug-likeness (QED) is 0.841. The Bertz CT molecular complexity index is 518. The van der Waals surface area contributed by atoms with Crippen LogP contribution >= 0.6 is 0 Å². The lowest BCUT2D eigenvalue weighted by molar-refractivity contribution is 0.416. The highest BCUT2D eigenvalue weighted by molar-refractivity contribution is 5.69. The molecular formula is C12H14N2O2. The van der Waals surface area contributed by atoms with Crippen molar-refractivity contribution in [3.63, 3.8) is 0 Å². The number of methoxy groups -OCH3 is 1. The van der Waals surface area contributed by atoms with E-state index in [1.807, 2.05) is 26.0 Å². The van der Waals surface area contributed by atoms with Gasteiger partial charge in [-0.3, -0.25) is 0 Å². The first-order valence-electron chi connectivity index (χ1n) is 4.98. The number of anilines is 1. The van der Waals surface area contributed by atoms with Crippen molar-refractivity contribution in [3.8, 4) is 17.0 Å². The van der Waals surface area contributed by atoms with Crippen molar-refractivity contribution in [2.75, 3.05) is 12.8 Å². The number of hydrogen-bond acceptors (Lipinski definition) is 4. The lowest BCUT2D eigenvalue weighted by atomic mass is 10.0. The average molecular weight is 218 g/mol. The lowest BCUT2D eigenvalue weighted by Gasteiger charge is -2.09. The second-order valence-electron chi connectivity index (χ2n) is 3.71. The van der Waals surface area contributed by atoms with Gasteiger partial charge in [0.05, 0.1) is 7.11 Å². The van der Waals surface area contributed by atoms with Gasteiger partial charge in [-0.2, -0.15) is 4.98 Å². The summed E-state index contributed by atoms with van der Waals surface area (Å²) < 4.78 is 10.3. The molecule has 0 bridgehead atoms. The van der Waals surface area contributed by atoms with E-state index in [2.05, 4.69) is 4.98 Å². The first-order chi connectivity index (χ1) is 7.61. The largest absolute Gasteiger partial charge is 0.496 e. The van der Waals surface area contributed by atoms with E-state index in [-0.39, 0.29) is 6.01 Å². The van der Waals surface area contributed by atoms with Gasteiger partial charge in [0, 0.05) is 5.56 Å². The zero-order valence-electron chi connectivity index (χ0n) is 9.57. The van der Waals surface area contributed by atoms with Crippen LogP contribution in [0, 0.1) is 13.8 Å². The number of rotatable bonds is 2. The van der Waals surface area contributed by atoms with E-state index in [1.54, 1.807) is 7.11 Å². The molecule has 0 unspecified atom stereocenters. The van der Waals surface area contributed by atoms with Crippen molar-refractivity contribution in [2.24, 2.45) is 0 Å². The highest BCUT2D eigenvalue weighted by atomic mass is 16.5. The highest BCUT2D eigenvalue weighted by Gasteiger charge is 2.11. The van der Waals surface area contributed by atoms with E-state index in [1.165, 1.54) is 17.4 Å². The Kier molecular flexibility index (Phi) is 2.56. The van der Waals surface area contributed by atoms with E-state index in [9.17, 15) is 0 Å². The first-order valence-corrected chi connectivity index (χ1v) is 4.98. The number of oxazole rings is 1. The number of nitrogen functional groups attached to an aromatic ring is 1. The van der Waals surface area contributed by atoms with Gasteiger partial charge in [0.25, 0.3) is 6.01 Å². The van der Waals surface area contributed by atoms with Gasteiger partial charge in [-0.15, -0.1) is 0 Å². The number of nitrogens with two attached hydrogens (primary N) is 1. The van der Waals surface area contributed by atoms with Gasteiger partial charge in [0.2, 0.25) is 0 Å². The van der Waals surface area contributed by atoms with Crippen LogP contribution in [0.4, 0.5) is 6.01 Å². The summed E-state index contributed by atoms with van der Waals surface area (Å²) in [7, 11) is 1.64. The predicted molar refractivity (Wildman–Crippen MR) is 62.4 cm³/mol. The summed E-state index contributed by atoms with van der Waals surface area (Å²) >= 11 is 0. The fraction of sp³-hybridized carbons (Fsp3) is 0.250. The molecule has 1 heterocycles. The molecule has 0 atom stereocenters. The smallest absolute Gasteiger partial charge is 0.292 e. The fourth-order valence-electron chi connectivity index (χ4n) is 1.57. The molecule has 2 rings (SSSR count). The van der Waals surface area contributed by atoms with Crippen LogP contribution in [0.15, 0.2) is 22.8 Å². The molecule has 0 amide bonds. The van der Waals surface area contributed by atoms with Gasteiger partial charge in [0.15, 0.2) is 0 Å². The van der Waals surface area contributed by atoms with Crippen molar-refractivity contribution >= 4 is 6.01 Å². The molecule has 0 aliphatic rings. The van der Waals surface area contributed by atoms with Gasteiger partial charge < -0.3 is 14.9 Å². The van der Waals surface area contributed by atoms with Crippen molar-refractivity contribution in [3.05, 3.63) is 29.5 Å². The summed E-state index contributed by atoms with van der Waals surface area (Å²) in [5, 5.41) is 0. The molecule has 4 heteroatoms. The molecule has 0 saturated heterocycles. The van der Waals surface area contributed by atoms with E-state index >= 15 is 0 Å². The van der Waals surface area contributed by atoms with Crippen LogP contribution < -0.4 is 10.5 Å². The molecule has 16 heavy (non-hydrogen) atoms. The van der Waals surface area contributed by atoms with E-state index in [0.29, 0.717) is 5.69 Å². The van der Waals surface area contributed by atoms with Crippen LogP contribution in [0.1, 0.15) is 11.1 Å². The van der Waals surface area contributed by atoms with Crippen LogP contribution in [-0.2, 0) is 0 Å². The zero-order chi connectivity index (χ0) is 11.7. The number of nitrogens with zero attached hydrogens (tertiary/aromatic N) is 1. The number of aryl methyl sites for hydroxylation is 2. The van der Waals surface area contributed by atoms with E-state index in [0.717, 1.165) is 11.3 Å². The Morgan fingerprint density at radius 2 is 1.94 bits per heavy atom. The average Bonchev–Trinajstić information content (AvgIpc) is 2.68. The third-order valence-electron chi connectivity index (χ3n) is 2.61. The molecule has 1 aromatic heterocycles. The molecule has 0 aliphatic heterocycles. The van der Waals surface area contributed by atoms with E-state index < -0.39 is 0 Å². The third-order valence-corrected chi connectivity index (χ3v) is 2.61. The maximum Gasteiger partial charge on any atom is 0.292 e. The van der Waals surface area contributed by atoms with Crippen LogP contribution in [0.2, 0.25) is 0 Å². The minimum Gasteiger partial charge on any atom is -0.496 e.